The van der Waals surface area contributed by atoms with Crippen LogP contribution in [0.15, 0.2) is 23.6 Å². The van der Waals surface area contributed by atoms with Crippen LogP contribution in [-0.2, 0) is 13.1 Å². The van der Waals surface area contributed by atoms with Gasteiger partial charge in [0.1, 0.15) is 18.2 Å². The number of hydrogen-bond donors (Lipinski definition) is 1. The van der Waals surface area contributed by atoms with Gasteiger partial charge in [0.25, 0.3) is 0 Å². The van der Waals surface area contributed by atoms with E-state index in [0.717, 1.165) is 27.8 Å². The van der Waals surface area contributed by atoms with Gasteiger partial charge < -0.3 is 19.7 Å². The van der Waals surface area contributed by atoms with E-state index in [0.29, 0.717) is 26.3 Å². The first-order valence-electron chi connectivity index (χ1n) is 7.40. The maximum atomic E-state index is 12.2. The number of aromatic nitrogens is 1. The number of nitrogens with zero attached hydrogens (tertiary/aromatic N) is 2. The Balaban J connectivity index is 1.55. The largest absolute Gasteiger partial charge is 0.486 e. The Morgan fingerprint density at radius 2 is 2.13 bits per heavy atom. The lowest BCUT2D eigenvalue weighted by atomic mass is 10.2. The Morgan fingerprint density at radius 3 is 2.87 bits per heavy atom. The predicted octanol–water partition coefficient (Wildman–Crippen LogP) is 2.56. The normalized spacial score (nSPS) is 12.8. The van der Waals surface area contributed by atoms with Crippen molar-refractivity contribution in [2.24, 2.45) is 0 Å². The Hall–Kier alpha value is -2.28. The van der Waals surface area contributed by atoms with Gasteiger partial charge in [0.2, 0.25) is 0 Å². The summed E-state index contributed by atoms with van der Waals surface area (Å²) in [5.41, 5.74) is 1.97. The van der Waals surface area contributed by atoms with Crippen LogP contribution in [0.2, 0.25) is 0 Å². The molecule has 2 amide bonds. The number of rotatable bonds is 4. The summed E-state index contributed by atoms with van der Waals surface area (Å²) in [4.78, 5) is 18.1. The van der Waals surface area contributed by atoms with Gasteiger partial charge in [-0.3, -0.25) is 0 Å². The molecular formula is C16H19N3O3S. The second-order valence-corrected chi connectivity index (χ2v) is 6.32. The third-order valence-corrected chi connectivity index (χ3v) is 4.40. The molecule has 0 bridgehead atoms. The average Bonchev–Trinajstić information content (AvgIpc) is 2.98. The first kappa shape index (κ1) is 15.6. The van der Waals surface area contributed by atoms with E-state index in [9.17, 15) is 4.79 Å². The van der Waals surface area contributed by atoms with Crippen LogP contribution in [-0.4, -0.2) is 36.2 Å². The van der Waals surface area contributed by atoms with Crippen molar-refractivity contribution < 1.29 is 14.3 Å². The molecule has 1 aromatic heterocycles. The maximum Gasteiger partial charge on any atom is 0.317 e. The fourth-order valence-electron chi connectivity index (χ4n) is 2.30. The van der Waals surface area contributed by atoms with Gasteiger partial charge in [-0.2, -0.15) is 0 Å². The molecule has 2 heterocycles. The first-order valence-corrected chi connectivity index (χ1v) is 8.28. The molecule has 1 aliphatic rings. The number of benzene rings is 1. The highest BCUT2D eigenvalue weighted by atomic mass is 32.1. The predicted molar refractivity (Wildman–Crippen MR) is 88.0 cm³/mol. The summed E-state index contributed by atoms with van der Waals surface area (Å²) in [5.74, 6) is 1.49. The highest BCUT2D eigenvalue weighted by Crippen LogP contribution is 2.31. The van der Waals surface area contributed by atoms with Gasteiger partial charge in [0.15, 0.2) is 11.5 Å². The third-order valence-electron chi connectivity index (χ3n) is 3.43. The molecule has 1 aliphatic heterocycles. The average molecular weight is 333 g/mol. The lowest BCUT2D eigenvalue weighted by Gasteiger charge is -2.21. The topological polar surface area (TPSA) is 63.7 Å². The molecule has 122 valence electrons. The Kier molecular flexibility index (Phi) is 4.66. The highest BCUT2D eigenvalue weighted by molar-refractivity contribution is 7.09. The van der Waals surface area contributed by atoms with Crippen molar-refractivity contribution >= 4 is 17.4 Å². The zero-order valence-corrected chi connectivity index (χ0v) is 14.0. The summed E-state index contributed by atoms with van der Waals surface area (Å²) in [6, 6.07) is 5.62. The number of amides is 2. The van der Waals surface area contributed by atoms with Crippen LogP contribution < -0.4 is 14.8 Å². The fourth-order valence-corrected chi connectivity index (χ4v) is 3.01. The van der Waals surface area contributed by atoms with Gasteiger partial charge in [-0.05, 0) is 24.6 Å². The monoisotopic (exact) mass is 333 g/mol. The Labute approximate surface area is 139 Å². The van der Waals surface area contributed by atoms with Crippen LogP contribution in [0.25, 0.3) is 0 Å². The zero-order chi connectivity index (χ0) is 16.2. The standard InChI is InChI=1S/C16H19N3O3S/c1-11-10-23-15(18-11)8-17-16(20)19(2)9-12-3-4-13-14(7-12)22-6-5-21-13/h3-4,7,10H,5-6,8-9H2,1-2H3,(H,17,20). The van der Waals surface area contributed by atoms with Crippen molar-refractivity contribution in [1.29, 1.82) is 0 Å². The van der Waals surface area contributed by atoms with E-state index in [4.69, 9.17) is 9.47 Å². The molecule has 1 aromatic carbocycles. The fraction of sp³-hybridized carbons (Fsp3) is 0.375. The second-order valence-electron chi connectivity index (χ2n) is 5.38. The summed E-state index contributed by atoms with van der Waals surface area (Å²) in [5, 5.41) is 5.75. The van der Waals surface area contributed by atoms with Crippen molar-refractivity contribution in [3.8, 4) is 11.5 Å². The van der Waals surface area contributed by atoms with E-state index in [-0.39, 0.29) is 6.03 Å². The van der Waals surface area contributed by atoms with E-state index in [1.807, 2.05) is 30.5 Å². The summed E-state index contributed by atoms with van der Waals surface area (Å²) in [7, 11) is 1.76. The van der Waals surface area contributed by atoms with Gasteiger partial charge >= 0.3 is 6.03 Å². The first-order chi connectivity index (χ1) is 11.1. The lowest BCUT2D eigenvalue weighted by Crippen LogP contribution is -2.36. The molecule has 7 heteroatoms. The van der Waals surface area contributed by atoms with Crippen molar-refractivity contribution in [1.82, 2.24) is 15.2 Å². The maximum absolute atomic E-state index is 12.2. The SMILES string of the molecule is Cc1csc(CNC(=O)N(C)Cc2ccc3c(c2)OCCO3)n1. The van der Waals surface area contributed by atoms with Crippen molar-refractivity contribution in [3.63, 3.8) is 0 Å². The number of aryl methyl sites for hydroxylation is 1. The number of fused-ring (bicyclic) bond motifs is 1. The summed E-state index contributed by atoms with van der Waals surface area (Å²) >= 11 is 1.55. The smallest absolute Gasteiger partial charge is 0.317 e. The van der Waals surface area contributed by atoms with Gasteiger partial charge in [-0.1, -0.05) is 6.07 Å². The van der Waals surface area contributed by atoms with Crippen LogP contribution in [0, 0.1) is 6.92 Å². The number of nitrogens with one attached hydrogen (secondary N) is 1. The van der Waals surface area contributed by atoms with Crippen LogP contribution >= 0.6 is 11.3 Å². The molecular weight excluding hydrogens is 314 g/mol. The molecule has 0 atom stereocenters. The minimum atomic E-state index is -0.132. The minimum absolute atomic E-state index is 0.132. The van der Waals surface area contributed by atoms with E-state index < -0.39 is 0 Å². The van der Waals surface area contributed by atoms with Gasteiger partial charge in [-0.15, -0.1) is 11.3 Å². The molecule has 23 heavy (non-hydrogen) atoms. The Morgan fingerprint density at radius 1 is 1.35 bits per heavy atom. The number of urea groups is 1. The number of carbonyl (C=O) groups excluding carboxylic acids is 1. The lowest BCUT2D eigenvalue weighted by molar-refractivity contribution is 0.171. The molecule has 0 aliphatic carbocycles. The van der Waals surface area contributed by atoms with Gasteiger partial charge in [0.05, 0.1) is 6.54 Å². The minimum Gasteiger partial charge on any atom is -0.486 e. The summed E-state index contributed by atoms with van der Waals surface area (Å²) in [6.07, 6.45) is 0. The van der Waals surface area contributed by atoms with E-state index in [1.54, 1.807) is 23.3 Å². The van der Waals surface area contributed by atoms with Crippen molar-refractivity contribution in [2.45, 2.75) is 20.0 Å². The van der Waals surface area contributed by atoms with Crippen LogP contribution in [0.1, 0.15) is 16.3 Å². The number of ether oxygens (including phenoxy) is 2. The number of carbonyl (C=O) groups is 1. The van der Waals surface area contributed by atoms with Crippen molar-refractivity contribution in [3.05, 3.63) is 39.8 Å². The summed E-state index contributed by atoms with van der Waals surface area (Å²) in [6.45, 7) is 4.02. The molecule has 6 nitrogen and oxygen atoms in total. The number of thiazole rings is 1. The molecule has 0 unspecified atom stereocenters. The molecule has 0 fully saturated rings. The quantitative estimate of drug-likeness (QED) is 0.934. The number of hydrogen-bond acceptors (Lipinski definition) is 5. The van der Waals surface area contributed by atoms with Crippen molar-refractivity contribution in [2.75, 3.05) is 20.3 Å². The van der Waals surface area contributed by atoms with E-state index in [2.05, 4.69) is 10.3 Å². The van der Waals surface area contributed by atoms with Gasteiger partial charge in [-0.25, -0.2) is 9.78 Å². The zero-order valence-electron chi connectivity index (χ0n) is 13.2. The van der Waals surface area contributed by atoms with E-state index >= 15 is 0 Å². The molecule has 0 saturated carbocycles. The molecule has 2 aromatic rings. The second kappa shape index (κ2) is 6.87. The molecule has 0 spiro atoms. The highest BCUT2D eigenvalue weighted by Gasteiger charge is 2.14. The van der Waals surface area contributed by atoms with Crippen LogP contribution in [0.4, 0.5) is 4.79 Å². The van der Waals surface area contributed by atoms with E-state index in [1.165, 1.54) is 0 Å². The summed E-state index contributed by atoms with van der Waals surface area (Å²) < 4.78 is 11.1. The molecule has 3 rings (SSSR count). The van der Waals surface area contributed by atoms with Crippen LogP contribution in [0.5, 0.6) is 11.5 Å². The van der Waals surface area contributed by atoms with Crippen LogP contribution in [0.3, 0.4) is 0 Å². The third kappa shape index (κ3) is 3.92. The van der Waals surface area contributed by atoms with Gasteiger partial charge in [0, 0.05) is 24.7 Å². The molecule has 1 N–H and O–H groups in total. The Bertz CT molecular complexity index is 702. The molecule has 0 saturated heterocycles. The molecule has 0 radical (unpaired) electrons.